The Bertz CT molecular complexity index is 1480. The van der Waals surface area contributed by atoms with Crippen LogP contribution < -0.4 is 5.63 Å². The standard InChI is InChI=1S/C29H29NO6/c1-3-34-28(32)20-10-7-13-30(16-20)27(31)12-11-21-18(2)22-14-23-24(19-8-5-4-6-9-19)17-35-25(23)15-26(22)36-29(21)33/h4-6,8-9,14-15,17,20H,3,7,10-13,16H2,1-2H3/t20-/m1/s1. The summed E-state index contributed by atoms with van der Waals surface area (Å²) in [6.45, 7) is 4.98. The number of fused-ring (bicyclic) bond motifs is 2. The van der Waals surface area contributed by atoms with Gasteiger partial charge in [-0.1, -0.05) is 30.3 Å². The number of furan rings is 1. The molecule has 0 unspecified atom stereocenters. The summed E-state index contributed by atoms with van der Waals surface area (Å²) in [5, 5.41) is 1.76. The third kappa shape index (κ3) is 4.53. The van der Waals surface area contributed by atoms with Crippen LogP contribution >= 0.6 is 0 Å². The number of esters is 1. The van der Waals surface area contributed by atoms with E-state index in [-0.39, 0.29) is 30.6 Å². The van der Waals surface area contributed by atoms with Crippen LogP contribution in [0.4, 0.5) is 0 Å². The number of likely N-dealkylation sites (tertiary alicyclic amines) is 1. The first-order valence-corrected chi connectivity index (χ1v) is 12.4. The molecule has 0 N–H and O–H groups in total. The fourth-order valence-corrected chi connectivity index (χ4v) is 5.09. The van der Waals surface area contributed by atoms with E-state index in [1.165, 1.54) is 0 Å². The molecule has 7 nitrogen and oxygen atoms in total. The molecule has 0 aliphatic carbocycles. The summed E-state index contributed by atoms with van der Waals surface area (Å²) < 4.78 is 16.5. The molecule has 0 radical (unpaired) electrons. The largest absolute Gasteiger partial charge is 0.466 e. The summed E-state index contributed by atoms with van der Waals surface area (Å²) in [6, 6.07) is 13.7. The predicted octanol–water partition coefficient (Wildman–Crippen LogP) is 5.25. The van der Waals surface area contributed by atoms with Crippen molar-refractivity contribution in [2.24, 2.45) is 5.92 Å². The number of hydrogen-bond donors (Lipinski definition) is 0. The molecular weight excluding hydrogens is 458 g/mol. The highest BCUT2D eigenvalue weighted by Crippen LogP contribution is 2.34. The van der Waals surface area contributed by atoms with E-state index in [1.807, 2.05) is 43.3 Å². The first kappa shape index (κ1) is 23.9. The summed E-state index contributed by atoms with van der Waals surface area (Å²) in [7, 11) is 0. The number of nitrogens with zero attached hydrogens (tertiary/aromatic N) is 1. The minimum atomic E-state index is -0.440. The van der Waals surface area contributed by atoms with Crippen LogP contribution in [0.2, 0.25) is 0 Å². The predicted molar refractivity (Wildman–Crippen MR) is 137 cm³/mol. The molecule has 1 amide bonds. The lowest BCUT2D eigenvalue weighted by atomic mass is 9.96. The van der Waals surface area contributed by atoms with Gasteiger partial charge in [0.25, 0.3) is 0 Å². The molecule has 36 heavy (non-hydrogen) atoms. The maximum atomic E-state index is 13.0. The van der Waals surface area contributed by atoms with E-state index in [9.17, 15) is 14.4 Å². The zero-order chi connectivity index (χ0) is 25.2. The molecule has 186 valence electrons. The SMILES string of the molecule is CCOC(=O)[C@@H]1CCCN(C(=O)CCc2c(C)c3cc4c(-c5ccccc5)coc4cc3oc2=O)C1. The Morgan fingerprint density at radius 3 is 2.69 bits per heavy atom. The smallest absolute Gasteiger partial charge is 0.339 e. The van der Waals surface area contributed by atoms with Crippen LogP contribution in [0.15, 0.2) is 62.4 Å². The molecule has 2 aromatic heterocycles. The zero-order valence-corrected chi connectivity index (χ0v) is 20.5. The number of carbonyl (C=O) groups excluding carboxylic acids is 2. The molecule has 1 aliphatic rings. The molecule has 1 aliphatic heterocycles. The van der Waals surface area contributed by atoms with E-state index in [4.69, 9.17) is 13.6 Å². The van der Waals surface area contributed by atoms with Gasteiger partial charge < -0.3 is 18.5 Å². The lowest BCUT2D eigenvalue weighted by Gasteiger charge is -2.31. The number of hydrogen-bond acceptors (Lipinski definition) is 6. The van der Waals surface area contributed by atoms with Gasteiger partial charge in [-0.2, -0.15) is 0 Å². The summed E-state index contributed by atoms with van der Waals surface area (Å²) >= 11 is 0. The lowest BCUT2D eigenvalue weighted by molar-refractivity contribution is -0.151. The molecule has 1 atom stereocenters. The van der Waals surface area contributed by atoms with E-state index in [0.29, 0.717) is 36.4 Å². The summed E-state index contributed by atoms with van der Waals surface area (Å²) in [6.07, 6.45) is 3.66. The van der Waals surface area contributed by atoms with E-state index >= 15 is 0 Å². The van der Waals surface area contributed by atoms with Crippen LogP contribution in [0.5, 0.6) is 0 Å². The van der Waals surface area contributed by atoms with Crippen molar-refractivity contribution in [1.29, 1.82) is 0 Å². The van der Waals surface area contributed by atoms with Crippen LogP contribution in [0.25, 0.3) is 33.1 Å². The van der Waals surface area contributed by atoms with E-state index in [1.54, 1.807) is 24.2 Å². The van der Waals surface area contributed by atoms with E-state index < -0.39 is 5.63 Å². The molecule has 7 heteroatoms. The minimum absolute atomic E-state index is 0.0699. The molecule has 5 rings (SSSR count). The molecule has 0 bridgehead atoms. The van der Waals surface area contributed by atoms with Crippen molar-refractivity contribution in [3.05, 3.63) is 70.3 Å². The van der Waals surface area contributed by atoms with Gasteiger partial charge in [0.2, 0.25) is 5.91 Å². The second kappa shape index (κ2) is 10.0. The monoisotopic (exact) mass is 487 g/mol. The minimum Gasteiger partial charge on any atom is -0.466 e. The molecule has 1 saturated heterocycles. The van der Waals surface area contributed by atoms with Crippen molar-refractivity contribution in [2.45, 2.75) is 39.5 Å². The van der Waals surface area contributed by atoms with Crippen LogP contribution in [0, 0.1) is 12.8 Å². The number of rotatable bonds is 6. The number of benzene rings is 2. The zero-order valence-electron chi connectivity index (χ0n) is 20.5. The van der Waals surface area contributed by atoms with Gasteiger partial charge in [-0.3, -0.25) is 9.59 Å². The Morgan fingerprint density at radius 1 is 1.11 bits per heavy atom. The van der Waals surface area contributed by atoms with Crippen molar-refractivity contribution in [3.63, 3.8) is 0 Å². The average molecular weight is 488 g/mol. The van der Waals surface area contributed by atoms with Gasteiger partial charge >= 0.3 is 11.6 Å². The fourth-order valence-electron chi connectivity index (χ4n) is 5.09. The number of ether oxygens (including phenoxy) is 1. The Morgan fingerprint density at radius 2 is 1.92 bits per heavy atom. The fraction of sp³-hybridized carbons (Fsp3) is 0.345. The Labute approximate surface area is 208 Å². The van der Waals surface area contributed by atoms with Gasteiger partial charge in [-0.25, -0.2) is 4.79 Å². The molecule has 0 saturated carbocycles. The summed E-state index contributed by atoms with van der Waals surface area (Å²) in [5.41, 5.74) is 3.98. The maximum absolute atomic E-state index is 13.0. The van der Waals surface area contributed by atoms with Crippen molar-refractivity contribution < 1.29 is 23.2 Å². The molecule has 0 spiro atoms. The van der Waals surface area contributed by atoms with Crippen molar-refractivity contribution >= 4 is 33.8 Å². The van der Waals surface area contributed by atoms with Gasteiger partial charge in [0.15, 0.2) is 0 Å². The van der Waals surface area contributed by atoms with Gasteiger partial charge in [-0.05, 0) is 50.3 Å². The molecule has 4 aromatic rings. The van der Waals surface area contributed by atoms with Crippen LogP contribution in [-0.2, 0) is 20.7 Å². The molecule has 1 fully saturated rings. The molecule has 2 aromatic carbocycles. The van der Waals surface area contributed by atoms with Crippen LogP contribution in [0.1, 0.15) is 37.3 Å². The third-order valence-corrected chi connectivity index (χ3v) is 7.05. The van der Waals surface area contributed by atoms with Crippen molar-refractivity contribution in [1.82, 2.24) is 4.90 Å². The topological polar surface area (TPSA) is 90.0 Å². The van der Waals surface area contributed by atoms with Crippen molar-refractivity contribution in [3.8, 4) is 11.1 Å². The van der Waals surface area contributed by atoms with Gasteiger partial charge in [0.1, 0.15) is 11.2 Å². The van der Waals surface area contributed by atoms with Crippen LogP contribution in [0.3, 0.4) is 0 Å². The maximum Gasteiger partial charge on any atom is 0.339 e. The summed E-state index contributed by atoms with van der Waals surface area (Å²) in [5.74, 6) is -0.604. The average Bonchev–Trinajstić information content (AvgIpc) is 3.31. The first-order chi connectivity index (χ1) is 17.5. The number of carbonyl (C=O) groups is 2. The third-order valence-electron chi connectivity index (χ3n) is 7.05. The molecule has 3 heterocycles. The van der Waals surface area contributed by atoms with Gasteiger partial charge in [-0.15, -0.1) is 0 Å². The van der Waals surface area contributed by atoms with E-state index in [0.717, 1.165) is 40.3 Å². The van der Waals surface area contributed by atoms with Crippen LogP contribution in [-0.4, -0.2) is 36.5 Å². The van der Waals surface area contributed by atoms with Gasteiger partial charge in [0.05, 0.1) is 18.8 Å². The highest BCUT2D eigenvalue weighted by molar-refractivity contribution is 6.02. The summed E-state index contributed by atoms with van der Waals surface area (Å²) in [4.78, 5) is 39.6. The Balaban J connectivity index is 1.39. The second-order valence-electron chi connectivity index (χ2n) is 9.28. The van der Waals surface area contributed by atoms with Gasteiger partial charge in [0, 0.05) is 47.5 Å². The highest BCUT2D eigenvalue weighted by atomic mass is 16.5. The number of aryl methyl sites for hydroxylation is 1. The number of amides is 1. The lowest BCUT2D eigenvalue weighted by Crippen LogP contribution is -2.43. The van der Waals surface area contributed by atoms with E-state index in [2.05, 4.69) is 0 Å². The molecular formula is C29H29NO6. The second-order valence-corrected chi connectivity index (χ2v) is 9.28. The Hall–Kier alpha value is -3.87. The normalized spacial score (nSPS) is 15.9. The first-order valence-electron chi connectivity index (χ1n) is 12.4. The Kier molecular flexibility index (Phi) is 6.63. The van der Waals surface area contributed by atoms with Crippen molar-refractivity contribution in [2.75, 3.05) is 19.7 Å². The number of piperidine rings is 1. The quantitative estimate of drug-likeness (QED) is 0.273. The highest BCUT2D eigenvalue weighted by Gasteiger charge is 2.29.